The van der Waals surface area contributed by atoms with Gasteiger partial charge in [0.05, 0.1) is 19.3 Å². The average Bonchev–Trinajstić information content (AvgIpc) is 2.97. The van der Waals surface area contributed by atoms with E-state index in [-0.39, 0.29) is 40.5 Å². The first-order chi connectivity index (χ1) is 10.6. The Balaban J connectivity index is 2.21. The predicted molar refractivity (Wildman–Crippen MR) is 72.3 cm³/mol. The van der Waals surface area contributed by atoms with E-state index < -0.39 is 17.5 Å². The quantitative estimate of drug-likeness (QED) is 0.678. The Kier molecular flexibility index (Phi) is 3.25. The summed E-state index contributed by atoms with van der Waals surface area (Å²) in [6.07, 6.45) is 0. The smallest absolute Gasteiger partial charge is 0.361 e. The number of rotatable bonds is 3. The van der Waals surface area contributed by atoms with E-state index in [0.717, 1.165) is 0 Å². The van der Waals surface area contributed by atoms with Crippen molar-refractivity contribution in [2.45, 2.75) is 6.92 Å². The maximum Gasteiger partial charge on any atom is 0.361 e. The molecular weight excluding hydrogens is 290 g/mol. The highest BCUT2D eigenvalue weighted by Crippen LogP contribution is 2.34. The van der Waals surface area contributed by atoms with Gasteiger partial charge in [-0.05, 0) is 19.1 Å². The second kappa shape index (κ2) is 5.10. The van der Waals surface area contributed by atoms with Gasteiger partial charge >= 0.3 is 5.97 Å². The Bertz CT molecular complexity index is 804. The Labute approximate surface area is 124 Å². The Morgan fingerprint density at radius 2 is 2.00 bits per heavy atom. The van der Waals surface area contributed by atoms with Gasteiger partial charge in [-0.2, -0.15) is 0 Å². The molecule has 0 amide bonds. The first kappa shape index (κ1) is 14.0. The van der Waals surface area contributed by atoms with Gasteiger partial charge in [-0.25, -0.2) is 4.79 Å². The fourth-order valence-electron chi connectivity index (χ4n) is 2.37. The maximum atomic E-state index is 12.7. The van der Waals surface area contributed by atoms with Crippen molar-refractivity contribution in [2.75, 3.05) is 13.7 Å². The van der Waals surface area contributed by atoms with E-state index in [4.69, 9.17) is 14.0 Å². The fourth-order valence-corrected chi connectivity index (χ4v) is 2.37. The van der Waals surface area contributed by atoms with Crippen LogP contribution in [0.2, 0.25) is 0 Å². The van der Waals surface area contributed by atoms with Gasteiger partial charge in [0, 0.05) is 5.56 Å². The molecule has 1 aliphatic carbocycles. The van der Waals surface area contributed by atoms with E-state index in [1.807, 2.05) is 0 Å². The molecule has 0 bridgehead atoms. The summed E-state index contributed by atoms with van der Waals surface area (Å²) in [7, 11) is 1.39. The van der Waals surface area contributed by atoms with Crippen LogP contribution in [0.3, 0.4) is 0 Å². The highest BCUT2D eigenvalue weighted by Gasteiger charge is 2.40. The molecule has 0 atom stereocenters. The highest BCUT2D eigenvalue weighted by molar-refractivity contribution is 6.30. The molecule has 0 N–H and O–H groups in total. The number of fused-ring (bicyclic) bond motifs is 2. The Morgan fingerprint density at radius 1 is 1.23 bits per heavy atom. The number of carbonyl (C=O) groups excluding carboxylic acids is 3. The molecular formula is C15H11NO6. The van der Waals surface area contributed by atoms with Crippen molar-refractivity contribution in [1.29, 1.82) is 0 Å². The molecule has 0 saturated heterocycles. The number of aromatic nitrogens is 1. The van der Waals surface area contributed by atoms with E-state index in [2.05, 4.69) is 5.16 Å². The van der Waals surface area contributed by atoms with E-state index in [9.17, 15) is 14.4 Å². The lowest BCUT2D eigenvalue weighted by Crippen LogP contribution is -2.22. The molecule has 0 spiro atoms. The van der Waals surface area contributed by atoms with Gasteiger partial charge in [-0.1, -0.05) is 11.2 Å². The normalized spacial score (nSPS) is 12.6. The third-order valence-electron chi connectivity index (χ3n) is 3.31. The van der Waals surface area contributed by atoms with Crippen molar-refractivity contribution in [1.82, 2.24) is 5.16 Å². The standard InChI is InChI=1S/C15H11NO6/c1-3-21-15(19)11-10-13(18)9-7(5-4-6-8(9)20-2)12(17)14(10)22-16-11/h4-6H,3H2,1-2H3. The lowest BCUT2D eigenvalue weighted by molar-refractivity contribution is 0.0511. The van der Waals surface area contributed by atoms with Gasteiger partial charge in [-0.15, -0.1) is 0 Å². The van der Waals surface area contributed by atoms with Gasteiger partial charge in [0.2, 0.25) is 23.0 Å². The molecule has 7 nitrogen and oxygen atoms in total. The molecule has 112 valence electrons. The lowest BCUT2D eigenvalue weighted by Gasteiger charge is -2.15. The predicted octanol–water partition coefficient (Wildman–Crippen LogP) is 1.64. The van der Waals surface area contributed by atoms with E-state index in [1.54, 1.807) is 19.1 Å². The topological polar surface area (TPSA) is 95.7 Å². The number of benzene rings is 1. The van der Waals surface area contributed by atoms with Crippen molar-refractivity contribution in [3.05, 3.63) is 46.3 Å². The largest absolute Gasteiger partial charge is 0.496 e. The lowest BCUT2D eigenvalue weighted by atomic mass is 9.86. The molecule has 0 aliphatic heterocycles. The second-order valence-electron chi connectivity index (χ2n) is 4.50. The molecule has 1 aromatic carbocycles. The number of ketones is 2. The van der Waals surface area contributed by atoms with Crippen LogP contribution >= 0.6 is 0 Å². The van der Waals surface area contributed by atoms with Crippen LogP contribution in [0, 0.1) is 0 Å². The van der Waals surface area contributed by atoms with Gasteiger partial charge in [0.25, 0.3) is 0 Å². The van der Waals surface area contributed by atoms with Crippen molar-refractivity contribution in [3.63, 3.8) is 0 Å². The van der Waals surface area contributed by atoms with Crippen LogP contribution in [-0.4, -0.2) is 36.4 Å². The van der Waals surface area contributed by atoms with Gasteiger partial charge < -0.3 is 14.0 Å². The molecule has 1 aromatic heterocycles. The van der Waals surface area contributed by atoms with Gasteiger partial charge in [0.1, 0.15) is 11.3 Å². The van der Waals surface area contributed by atoms with Crippen LogP contribution in [0.1, 0.15) is 49.5 Å². The van der Waals surface area contributed by atoms with Crippen molar-refractivity contribution < 1.29 is 28.4 Å². The second-order valence-corrected chi connectivity index (χ2v) is 4.50. The van der Waals surface area contributed by atoms with Crippen molar-refractivity contribution >= 4 is 17.5 Å². The molecule has 0 fully saturated rings. The minimum Gasteiger partial charge on any atom is -0.496 e. The summed E-state index contributed by atoms with van der Waals surface area (Å²) < 4.78 is 14.9. The summed E-state index contributed by atoms with van der Waals surface area (Å²) in [5.41, 5.74) is -0.230. The van der Waals surface area contributed by atoms with Crippen LogP contribution < -0.4 is 4.74 Å². The van der Waals surface area contributed by atoms with E-state index in [0.29, 0.717) is 0 Å². The molecule has 7 heteroatoms. The highest BCUT2D eigenvalue weighted by atomic mass is 16.5. The zero-order valence-electron chi connectivity index (χ0n) is 11.8. The molecule has 2 aromatic rings. The third-order valence-corrected chi connectivity index (χ3v) is 3.31. The Morgan fingerprint density at radius 3 is 2.68 bits per heavy atom. The molecule has 22 heavy (non-hydrogen) atoms. The maximum absolute atomic E-state index is 12.7. The summed E-state index contributed by atoms with van der Waals surface area (Å²) >= 11 is 0. The number of carbonyl (C=O) groups is 3. The molecule has 0 unspecified atom stereocenters. The van der Waals surface area contributed by atoms with Crippen LogP contribution in [0.5, 0.6) is 5.75 Å². The first-order valence-electron chi connectivity index (χ1n) is 6.53. The molecule has 0 saturated carbocycles. The van der Waals surface area contributed by atoms with E-state index in [1.165, 1.54) is 13.2 Å². The number of nitrogens with zero attached hydrogens (tertiary/aromatic N) is 1. The van der Waals surface area contributed by atoms with Crippen LogP contribution in [0.25, 0.3) is 0 Å². The average molecular weight is 301 g/mol. The minimum atomic E-state index is -0.813. The number of hydrogen-bond donors (Lipinski definition) is 0. The van der Waals surface area contributed by atoms with Crippen molar-refractivity contribution in [3.8, 4) is 5.75 Å². The zero-order chi connectivity index (χ0) is 15.9. The number of methoxy groups -OCH3 is 1. The summed E-state index contributed by atoms with van der Waals surface area (Å²) in [5.74, 6) is -1.89. The SMILES string of the molecule is CCOC(=O)c1noc2c1C(=O)c1c(OC)cccc1C2=O. The number of esters is 1. The first-order valence-corrected chi connectivity index (χ1v) is 6.53. The van der Waals surface area contributed by atoms with Crippen molar-refractivity contribution in [2.24, 2.45) is 0 Å². The zero-order valence-corrected chi connectivity index (χ0v) is 11.8. The number of hydrogen-bond acceptors (Lipinski definition) is 7. The molecule has 1 aliphatic rings. The molecule has 1 heterocycles. The van der Waals surface area contributed by atoms with Crippen LogP contribution in [0.15, 0.2) is 22.7 Å². The Hall–Kier alpha value is -2.96. The van der Waals surface area contributed by atoms with Crippen LogP contribution in [0.4, 0.5) is 0 Å². The van der Waals surface area contributed by atoms with Gasteiger partial charge in [-0.3, -0.25) is 9.59 Å². The van der Waals surface area contributed by atoms with Gasteiger partial charge in [0.15, 0.2) is 0 Å². The number of ether oxygens (including phenoxy) is 2. The summed E-state index contributed by atoms with van der Waals surface area (Å²) in [4.78, 5) is 37.0. The molecule has 0 radical (unpaired) electrons. The third kappa shape index (κ3) is 1.82. The fraction of sp³-hybridized carbons (Fsp3) is 0.200. The minimum absolute atomic E-state index is 0.0937. The summed E-state index contributed by atoms with van der Waals surface area (Å²) in [5, 5.41) is 3.52. The monoisotopic (exact) mass is 301 g/mol. The van der Waals surface area contributed by atoms with Crippen LogP contribution in [-0.2, 0) is 4.74 Å². The summed E-state index contributed by atoms with van der Waals surface area (Å²) in [6, 6.07) is 4.65. The molecule has 3 rings (SSSR count). The summed E-state index contributed by atoms with van der Waals surface area (Å²) in [6.45, 7) is 1.73. The van der Waals surface area contributed by atoms with E-state index >= 15 is 0 Å².